The standard InChI is InChI=1S/C21H26N4O/c1-16-6-10-22-21(23-16)24-11-7-17(8-12-24)14-20(26)25-13-9-18-4-2-3-5-19(18)15-25/h2-6,10,17H,7-9,11-15H2,1H3. The molecule has 136 valence electrons. The molecule has 5 heteroatoms. The Morgan fingerprint density at radius 1 is 1.12 bits per heavy atom. The third kappa shape index (κ3) is 3.71. The lowest BCUT2D eigenvalue weighted by Crippen LogP contribution is -2.39. The molecule has 0 radical (unpaired) electrons. The lowest BCUT2D eigenvalue weighted by Gasteiger charge is -2.34. The van der Waals surface area contributed by atoms with E-state index in [-0.39, 0.29) is 0 Å². The van der Waals surface area contributed by atoms with Crippen LogP contribution in [0.2, 0.25) is 0 Å². The van der Waals surface area contributed by atoms with Crippen molar-refractivity contribution in [2.75, 3.05) is 24.5 Å². The smallest absolute Gasteiger partial charge is 0.225 e. The molecular weight excluding hydrogens is 324 g/mol. The molecule has 2 aliphatic rings. The molecule has 0 aliphatic carbocycles. The summed E-state index contributed by atoms with van der Waals surface area (Å²) in [5.74, 6) is 1.60. The minimum Gasteiger partial charge on any atom is -0.341 e. The summed E-state index contributed by atoms with van der Waals surface area (Å²) in [6.07, 6.45) is 5.54. The van der Waals surface area contributed by atoms with Gasteiger partial charge in [-0.05, 0) is 49.3 Å². The first-order chi connectivity index (χ1) is 12.7. The Morgan fingerprint density at radius 2 is 1.88 bits per heavy atom. The maximum Gasteiger partial charge on any atom is 0.225 e. The second-order valence-electron chi connectivity index (χ2n) is 7.47. The number of nitrogens with zero attached hydrogens (tertiary/aromatic N) is 4. The summed E-state index contributed by atoms with van der Waals surface area (Å²) in [7, 11) is 0. The third-order valence-electron chi connectivity index (χ3n) is 5.63. The van der Waals surface area contributed by atoms with Crippen molar-refractivity contribution < 1.29 is 4.79 Å². The van der Waals surface area contributed by atoms with Gasteiger partial charge in [0.05, 0.1) is 0 Å². The zero-order valence-electron chi connectivity index (χ0n) is 15.4. The van der Waals surface area contributed by atoms with Gasteiger partial charge in [0.25, 0.3) is 0 Å². The van der Waals surface area contributed by atoms with Crippen LogP contribution in [0.25, 0.3) is 0 Å². The lowest BCUT2D eigenvalue weighted by molar-refractivity contribution is -0.133. The number of piperidine rings is 1. The van der Waals surface area contributed by atoms with Crippen molar-refractivity contribution in [1.82, 2.24) is 14.9 Å². The second kappa shape index (κ2) is 7.44. The number of hydrogen-bond acceptors (Lipinski definition) is 4. The molecule has 2 aromatic rings. The molecule has 1 fully saturated rings. The third-order valence-corrected chi connectivity index (χ3v) is 5.63. The van der Waals surface area contributed by atoms with Crippen molar-refractivity contribution >= 4 is 11.9 Å². The van der Waals surface area contributed by atoms with Gasteiger partial charge in [-0.15, -0.1) is 0 Å². The van der Waals surface area contributed by atoms with Crippen molar-refractivity contribution in [3.05, 3.63) is 53.3 Å². The van der Waals surface area contributed by atoms with E-state index in [0.717, 1.165) is 57.1 Å². The van der Waals surface area contributed by atoms with E-state index in [2.05, 4.69) is 39.1 Å². The number of benzene rings is 1. The molecule has 0 atom stereocenters. The van der Waals surface area contributed by atoms with E-state index in [1.807, 2.05) is 24.1 Å². The topological polar surface area (TPSA) is 49.3 Å². The van der Waals surface area contributed by atoms with Gasteiger partial charge >= 0.3 is 0 Å². The fourth-order valence-corrected chi connectivity index (χ4v) is 4.01. The normalized spacial score (nSPS) is 17.9. The lowest BCUT2D eigenvalue weighted by atomic mass is 9.92. The number of carbonyl (C=O) groups is 1. The van der Waals surface area contributed by atoms with E-state index in [1.54, 1.807) is 0 Å². The number of fused-ring (bicyclic) bond motifs is 1. The summed E-state index contributed by atoms with van der Waals surface area (Å²) in [5, 5.41) is 0. The molecule has 5 nitrogen and oxygen atoms in total. The molecule has 0 N–H and O–H groups in total. The number of rotatable bonds is 3. The average Bonchev–Trinajstić information content (AvgIpc) is 2.68. The Labute approximate surface area is 155 Å². The summed E-state index contributed by atoms with van der Waals surface area (Å²) in [6.45, 7) is 5.48. The molecule has 1 aromatic carbocycles. The van der Waals surface area contributed by atoms with E-state index in [0.29, 0.717) is 18.2 Å². The monoisotopic (exact) mass is 350 g/mol. The van der Waals surface area contributed by atoms with Crippen LogP contribution in [0, 0.1) is 12.8 Å². The van der Waals surface area contributed by atoms with Gasteiger partial charge in [0.2, 0.25) is 11.9 Å². The maximum atomic E-state index is 12.8. The summed E-state index contributed by atoms with van der Waals surface area (Å²) in [5.41, 5.74) is 3.69. The van der Waals surface area contributed by atoms with Crippen LogP contribution in [-0.2, 0) is 17.8 Å². The van der Waals surface area contributed by atoms with Gasteiger partial charge in [-0.2, -0.15) is 0 Å². The molecule has 1 aromatic heterocycles. The van der Waals surface area contributed by atoms with Gasteiger partial charge in [-0.1, -0.05) is 24.3 Å². The minimum absolute atomic E-state index is 0.310. The zero-order valence-corrected chi connectivity index (χ0v) is 15.4. The highest BCUT2D eigenvalue weighted by Crippen LogP contribution is 2.25. The molecule has 26 heavy (non-hydrogen) atoms. The van der Waals surface area contributed by atoms with Crippen LogP contribution in [-0.4, -0.2) is 40.4 Å². The predicted octanol–water partition coefficient (Wildman–Crippen LogP) is 2.98. The number of aryl methyl sites for hydroxylation is 1. The average molecular weight is 350 g/mol. The van der Waals surface area contributed by atoms with Crippen LogP contribution < -0.4 is 4.90 Å². The van der Waals surface area contributed by atoms with Gasteiger partial charge in [-0.3, -0.25) is 4.79 Å². The van der Waals surface area contributed by atoms with Gasteiger partial charge in [0.1, 0.15) is 0 Å². The molecule has 3 heterocycles. The predicted molar refractivity (Wildman–Crippen MR) is 102 cm³/mol. The molecule has 0 bridgehead atoms. The highest BCUT2D eigenvalue weighted by atomic mass is 16.2. The number of hydrogen-bond donors (Lipinski definition) is 0. The van der Waals surface area contributed by atoms with Crippen molar-refractivity contribution in [1.29, 1.82) is 0 Å². The molecular formula is C21H26N4O. The molecule has 1 amide bonds. The van der Waals surface area contributed by atoms with E-state index in [1.165, 1.54) is 11.1 Å². The summed E-state index contributed by atoms with van der Waals surface area (Å²) < 4.78 is 0. The number of aromatic nitrogens is 2. The first-order valence-electron chi connectivity index (χ1n) is 9.58. The van der Waals surface area contributed by atoms with Crippen LogP contribution in [0.5, 0.6) is 0 Å². The number of carbonyl (C=O) groups excluding carboxylic acids is 1. The quantitative estimate of drug-likeness (QED) is 0.854. The highest BCUT2D eigenvalue weighted by Gasteiger charge is 2.26. The minimum atomic E-state index is 0.310. The Kier molecular flexibility index (Phi) is 4.87. The molecule has 0 saturated carbocycles. The molecule has 0 spiro atoms. The van der Waals surface area contributed by atoms with Crippen molar-refractivity contribution in [3.8, 4) is 0 Å². The Hall–Kier alpha value is -2.43. The highest BCUT2D eigenvalue weighted by molar-refractivity contribution is 5.76. The van der Waals surface area contributed by atoms with Gasteiger partial charge < -0.3 is 9.80 Å². The first kappa shape index (κ1) is 17.0. The summed E-state index contributed by atoms with van der Waals surface area (Å²) in [4.78, 5) is 25.9. The van der Waals surface area contributed by atoms with Crippen LogP contribution in [0.15, 0.2) is 36.5 Å². The SMILES string of the molecule is Cc1ccnc(N2CCC(CC(=O)N3CCc4ccccc4C3)CC2)n1. The number of anilines is 1. The largest absolute Gasteiger partial charge is 0.341 e. The fraction of sp³-hybridized carbons (Fsp3) is 0.476. The van der Waals surface area contributed by atoms with Crippen LogP contribution >= 0.6 is 0 Å². The summed E-state index contributed by atoms with van der Waals surface area (Å²) >= 11 is 0. The first-order valence-corrected chi connectivity index (χ1v) is 9.58. The van der Waals surface area contributed by atoms with Gasteiger partial charge in [0, 0.05) is 44.5 Å². The fourth-order valence-electron chi connectivity index (χ4n) is 4.01. The van der Waals surface area contributed by atoms with Gasteiger partial charge in [-0.25, -0.2) is 9.97 Å². The Morgan fingerprint density at radius 3 is 2.65 bits per heavy atom. The van der Waals surface area contributed by atoms with Crippen molar-refractivity contribution in [2.45, 2.75) is 39.2 Å². The van der Waals surface area contributed by atoms with E-state index < -0.39 is 0 Å². The van der Waals surface area contributed by atoms with E-state index in [9.17, 15) is 4.79 Å². The van der Waals surface area contributed by atoms with Crippen LogP contribution in [0.4, 0.5) is 5.95 Å². The van der Waals surface area contributed by atoms with Crippen LogP contribution in [0.1, 0.15) is 36.1 Å². The van der Waals surface area contributed by atoms with E-state index >= 15 is 0 Å². The Balaban J connectivity index is 1.30. The van der Waals surface area contributed by atoms with Crippen LogP contribution in [0.3, 0.4) is 0 Å². The van der Waals surface area contributed by atoms with Gasteiger partial charge in [0.15, 0.2) is 0 Å². The zero-order chi connectivity index (χ0) is 17.9. The number of amides is 1. The summed E-state index contributed by atoms with van der Waals surface area (Å²) in [6, 6.07) is 10.4. The maximum absolute atomic E-state index is 12.8. The molecule has 4 rings (SSSR count). The van der Waals surface area contributed by atoms with E-state index in [4.69, 9.17) is 0 Å². The van der Waals surface area contributed by atoms with Crippen molar-refractivity contribution in [2.24, 2.45) is 5.92 Å². The molecule has 0 unspecified atom stereocenters. The molecule has 2 aliphatic heterocycles. The molecule has 1 saturated heterocycles. The Bertz CT molecular complexity index is 783. The van der Waals surface area contributed by atoms with Crippen molar-refractivity contribution in [3.63, 3.8) is 0 Å². The second-order valence-corrected chi connectivity index (χ2v) is 7.47.